The third-order valence-corrected chi connectivity index (χ3v) is 9.34. The van der Waals surface area contributed by atoms with Gasteiger partial charge in [-0.05, 0) is 97.8 Å². The summed E-state index contributed by atoms with van der Waals surface area (Å²) in [5.41, 5.74) is 2.53. The van der Waals surface area contributed by atoms with E-state index >= 15 is 0 Å². The van der Waals surface area contributed by atoms with E-state index in [1.807, 2.05) is 30.6 Å². The third-order valence-electron chi connectivity index (χ3n) is 9.34. The summed E-state index contributed by atoms with van der Waals surface area (Å²) >= 11 is 0. The summed E-state index contributed by atoms with van der Waals surface area (Å²) in [5.74, 6) is 2.48. The Kier molecular flexibility index (Phi) is 7.01. The van der Waals surface area contributed by atoms with Crippen molar-refractivity contribution in [2.45, 2.75) is 116 Å². The predicted molar refractivity (Wildman–Crippen MR) is 160 cm³/mol. The van der Waals surface area contributed by atoms with Gasteiger partial charge >= 0.3 is 12.2 Å². The molecule has 0 bridgehead atoms. The number of aromatic nitrogens is 2. The number of carbonyl (C=O) groups is 2. The lowest BCUT2D eigenvalue weighted by molar-refractivity contribution is -0.0303. The van der Waals surface area contributed by atoms with Crippen molar-refractivity contribution in [1.82, 2.24) is 19.8 Å². The molecule has 1 unspecified atom stereocenters. The van der Waals surface area contributed by atoms with E-state index in [1.54, 1.807) is 0 Å². The van der Waals surface area contributed by atoms with Crippen LogP contribution in [0.25, 0.3) is 11.3 Å². The highest BCUT2D eigenvalue weighted by Crippen LogP contribution is 2.51. The Hall–Kier alpha value is -3.23. The highest BCUT2D eigenvalue weighted by Gasteiger charge is 2.50. The number of ether oxygens (including phenoxy) is 3. The third kappa shape index (κ3) is 5.47. The number of imidazole rings is 1. The highest BCUT2D eigenvalue weighted by molar-refractivity contribution is 5.74. The number of fused-ring (bicyclic) bond motifs is 4. The minimum atomic E-state index is -0.610. The minimum Gasteiger partial charge on any atom is -0.480 e. The van der Waals surface area contributed by atoms with Gasteiger partial charge in [0, 0.05) is 49.0 Å². The maximum absolute atomic E-state index is 13.0. The molecular weight excluding hydrogens is 532 g/mol. The average Bonchev–Trinajstić information content (AvgIpc) is 3.60. The smallest absolute Gasteiger partial charge is 0.410 e. The molecule has 2 aromatic rings. The molecule has 4 aliphatic rings. The van der Waals surface area contributed by atoms with Crippen molar-refractivity contribution in [2.24, 2.45) is 5.92 Å². The van der Waals surface area contributed by atoms with E-state index in [1.165, 1.54) is 0 Å². The molecule has 6 rings (SSSR count). The quantitative estimate of drug-likeness (QED) is 0.426. The van der Waals surface area contributed by atoms with Crippen LogP contribution in [-0.2, 0) is 15.1 Å². The van der Waals surface area contributed by atoms with Crippen LogP contribution in [0.4, 0.5) is 9.59 Å². The van der Waals surface area contributed by atoms with E-state index in [4.69, 9.17) is 19.2 Å². The summed E-state index contributed by atoms with van der Waals surface area (Å²) in [6, 6.07) is 6.25. The molecule has 1 spiro atoms. The Morgan fingerprint density at radius 2 is 1.88 bits per heavy atom. The van der Waals surface area contributed by atoms with Gasteiger partial charge in [0.25, 0.3) is 0 Å². The fraction of sp³-hybridized carbons (Fsp3) is 0.667. The molecule has 1 saturated carbocycles. The van der Waals surface area contributed by atoms with Crippen LogP contribution in [0.1, 0.15) is 103 Å². The standard InChI is InChI=1S/C33H46N4O5/c1-20-8-11-24-25(16-20)41-33(13-15-36(21(2)17-33)29(38)40-19-22-9-10-22)27-26(24)34-28(35-27)23-12-14-37(32(6,7)18-23)30(39)42-31(3,4)5/h8,11,16,21-23H,9-10,12-15,17-19H2,1-7H3,(H,34,35)/t21-,23?,33+/m0/s1. The van der Waals surface area contributed by atoms with Crippen molar-refractivity contribution in [1.29, 1.82) is 0 Å². The SMILES string of the molecule is Cc1ccc2c(c1)O[C@@]1(CCN(C(=O)OCC3CC3)[C@@H](C)C1)c1[nH]c(C3CCN(C(=O)OC(C)(C)C)C(C)(C)C3)nc1-2. The topological polar surface area (TPSA) is 97.0 Å². The number of nitrogens with one attached hydrogen (secondary N) is 1. The largest absolute Gasteiger partial charge is 0.480 e. The number of likely N-dealkylation sites (tertiary alicyclic amines) is 2. The van der Waals surface area contributed by atoms with Crippen LogP contribution in [0.3, 0.4) is 0 Å². The van der Waals surface area contributed by atoms with E-state index in [9.17, 15) is 9.59 Å². The van der Waals surface area contributed by atoms with Crippen molar-refractivity contribution in [3.8, 4) is 17.0 Å². The molecule has 1 aliphatic carbocycles. The normalized spacial score (nSPS) is 26.7. The molecule has 2 amide bonds. The molecule has 1 aromatic heterocycles. The van der Waals surface area contributed by atoms with Crippen LogP contribution in [-0.4, -0.2) is 68.8 Å². The molecule has 0 radical (unpaired) electrons. The Morgan fingerprint density at radius 1 is 1.12 bits per heavy atom. The number of aromatic amines is 1. The first-order valence-electron chi connectivity index (χ1n) is 15.6. The highest BCUT2D eigenvalue weighted by atomic mass is 16.6. The summed E-state index contributed by atoms with van der Waals surface area (Å²) in [7, 11) is 0. The minimum absolute atomic E-state index is 0.0487. The second kappa shape index (κ2) is 10.2. The van der Waals surface area contributed by atoms with Crippen molar-refractivity contribution in [3.05, 3.63) is 35.3 Å². The van der Waals surface area contributed by atoms with E-state index in [0.717, 1.165) is 59.8 Å². The van der Waals surface area contributed by atoms with Gasteiger partial charge in [0.1, 0.15) is 17.2 Å². The lowest BCUT2D eigenvalue weighted by Crippen LogP contribution is -2.54. The van der Waals surface area contributed by atoms with Crippen LogP contribution < -0.4 is 4.74 Å². The van der Waals surface area contributed by atoms with Gasteiger partial charge in [0.05, 0.1) is 18.0 Å². The van der Waals surface area contributed by atoms with Crippen LogP contribution in [0, 0.1) is 12.8 Å². The fourth-order valence-corrected chi connectivity index (χ4v) is 6.93. The number of hydrogen-bond donors (Lipinski definition) is 1. The van der Waals surface area contributed by atoms with Crippen molar-refractivity contribution < 1.29 is 23.8 Å². The van der Waals surface area contributed by atoms with Gasteiger partial charge in [-0.15, -0.1) is 0 Å². The lowest BCUT2D eigenvalue weighted by atomic mass is 9.80. The van der Waals surface area contributed by atoms with Crippen LogP contribution >= 0.6 is 0 Å². The molecule has 2 saturated heterocycles. The van der Waals surface area contributed by atoms with Crippen molar-refractivity contribution in [2.75, 3.05) is 19.7 Å². The summed E-state index contributed by atoms with van der Waals surface area (Å²) in [4.78, 5) is 38.7. The first kappa shape index (κ1) is 28.9. The predicted octanol–water partition coefficient (Wildman–Crippen LogP) is 6.90. The molecule has 3 atom stereocenters. The maximum atomic E-state index is 13.0. The zero-order valence-corrected chi connectivity index (χ0v) is 26.2. The van der Waals surface area contributed by atoms with Crippen LogP contribution in [0.2, 0.25) is 0 Å². The Balaban J connectivity index is 1.27. The Bertz CT molecular complexity index is 1370. The number of aryl methyl sites for hydroxylation is 1. The molecule has 9 heteroatoms. The first-order chi connectivity index (χ1) is 19.7. The average molecular weight is 579 g/mol. The number of rotatable bonds is 3. The molecule has 3 fully saturated rings. The molecular formula is C33H46N4O5. The number of H-pyrrole nitrogens is 1. The molecule has 228 valence electrons. The van der Waals surface area contributed by atoms with Gasteiger partial charge in [0.2, 0.25) is 0 Å². The van der Waals surface area contributed by atoms with E-state index in [-0.39, 0.29) is 29.7 Å². The summed E-state index contributed by atoms with van der Waals surface area (Å²) in [6.45, 7) is 15.7. The van der Waals surface area contributed by atoms with Gasteiger partial charge in [-0.25, -0.2) is 14.6 Å². The van der Waals surface area contributed by atoms with Gasteiger partial charge in [-0.2, -0.15) is 0 Å². The van der Waals surface area contributed by atoms with E-state index in [0.29, 0.717) is 38.5 Å². The lowest BCUT2D eigenvalue weighted by Gasteiger charge is -2.46. The summed E-state index contributed by atoms with van der Waals surface area (Å²) < 4.78 is 18.2. The van der Waals surface area contributed by atoms with Gasteiger partial charge in [-0.1, -0.05) is 6.07 Å². The second-order valence-corrected chi connectivity index (χ2v) is 14.6. The van der Waals surface area contributed by atoms with Gasteiger partial charge in [-0.3, -0.25) is 0 Å². The molecule has 42 heavy (non-hydrogen) atoms. The fourth-order valence-electron chi connectivity index (χ4n) is 6.93. The molecule has 9 nitrogen and oxygen atoms in total. The van der Waals surface area contributed by atoms with Crippen molar-refractivity contribution in [3.63, 3.8) is 0 Å². The van der Waals surface area contributed by atoms with Crippen LogP contribution in [0.5, 0.6) is 5.75 Å². The van der Waals surface area contributed by atoms with Crippen molar-refractivity contribution >= 4 is 12.2 Å². The summed E-state index contributed by atoms with van der Waals surface area (Å²) in [5, 5.41) is 0. The Labute approximate surface area is 249 Å². The number of nitrogens with zero attached hydrogens (tertiary/aromatic N) is 3. The summed E-state index contributed by atoms with van der Waals surface area (Å²) in [6.07, 6.45) is 4.68. The Morgan fingerprint density at radius 3 is 2.55 bits per heavy atom. The van der Waals surface area contributed by atoms with Crippen LogP contribution in [0.15, 0.2) is 18.2 Å². The number of carbonyl (C=O) groups excluding carboxylic acids is 2. The first-order valence-corrected chi connectivity index (χ1v) is 15.6. The van der Waals surface area contributed by atoms with E-state index < -0.39 is 11.2 Å². The van der Waals surface area contributed by atoms with E-state index in [2.05, 4.69) is 50.9 Å². The number of piperidine rings is 2. The molecule has 3 aliphatic heterocycles. The molecule has 1 aromatic carbocycles. The van der Waals surface area contributed by atoms with Gasteiger partial charge in [0.15, 0.2) is 5.60 Å². The number of amides is 2. The number of benzene rings is 1. The molecule has 4 heterocycles. The molecule has 1 N–H and O–H groups in total. The zero-order chi connectivity index (χ0) is 30.0. The monoisotopic (exact) mass is 578 g/mol. The number of hydrogen-bond acceptors (Lipinski definition) is 6. The second-order valence-electron chi connectivity index (χ2n) is 14.6. The van der Waals surface area contributed by atoms with Gasteiger partial charge < -0.3 is 29.0 Å². The maximum Gasteiger partial charge on any atom is 0.410 e. The zero-order valence-electron chi connectivity index (χ0n) is 26.2.